The molecule has 0 atom stereocenters. The van der Waals surface area contributed by atoms with Crippen LogP contribution < -0.4 is 5.43 Å². The quantitative estimate of drug-likeness (QED) is 0.518. The van der Waals surface area contributed by atoms with Crippen LogP contribution in [0.4, 0.5) is 5.69 Å². The number of nitro groups is 1. The normalized spacial score (nSPS) is 10.5. The number of H-pyrrole nitrogens is 1. The molecule has 0 fully saturated rings. The molecular weight excluding hydrogens is 314 g/mol. The summed E-state index contributed by atoms with van der Waals surface area (Å²) in [4.78, 5) is 24.5. The molecule has 0 unspecified atom stereocenters. The zero-order valence-corrected chi connectivity index (χ0v) is 11.4. The fraction of sp³-hybridized carbons (Fsp3) is 0. The zero-order chi connectivity index (χ0) is 14.2. The van der Waals surface area contributed by atoms with Gasteiger partial charge in [-0.1, -0.05) is 34.8 Å². The summed E-state index contributed by atoms with van der Waals surface area (Å²) in [7, 11) is 0. The van der Waals surface area contributed by atoms with Crippen molar-refractivity contribution in [2.45, 2.75) is 0 Å². The number of rotatable bonds is 2. The molecule has 0 aliphatic heterocycles. The van der Waals surface area contributed by atoms with Gasteiger partial charge < -0.3 is 4.98 Å². The molecule has 1 N–H and O–H groups in total. The molecule has 0 aliphatic rings. The minimum absolute atomic E-state index is 0.00769. The van der Waals surface area contributed by atoms with Crippen molar-refractivity contribution in [3.05, 3.63) is 59.9 Å². The monoisotopic (exact) mass is 318 g/mol. The molecule has 5 nitrogen and oxygen atoms in total. The van der Waals surface area contributed by atoms with Crippen molar-refractivity contribution in [1.29, 1.82) is 0 Å². The van der Waals surface area contributed by atoms with Crippen molar-refractivity contribution in [3.63, 3.8) is 0 Å². The summed E-state index contributed by atoms with van der Waals surface area (Å²) >= 11 is 17.8. The van der Waals surface area contributed by atoms with Gasteiger partial charge in [-0.05, 0) is 12.1 Å². The first-order valence-electron chi connectivity index (χ1n) is 4.93. The number of pyridine rings is 1. The molecule has 1 aromatic carbocycles. The van der Waals surface area contributed by atoms with E-state index in [2.05, 4.69) is 4.98 Å². The van der Waals surface area contributed by atoms with Gasteiger partial charge in [0.15, 0.2) is 0 Å². The largest absolute Gasteiger partial charge is 0.361 e. The molecule has 2 aromatic rings. The molecule has 0 amide bonds. The summed E-state index contributed by atoms with van der Waals surface area (Å²) in [5.74, 6) is 0. The van der Waals surface area contributed by atoms with Crippen molar-refractivity contribution in [1.82, 2.24) is 4.98 Å². The third-order valence-electron chi connectivity index (χ3n) is 2.44. The summed E-state index contributed by atoms with van der Waals surface area (Å²) in [5, 5.41) is 11.2. The molecule has 19 heavy (non-hydrogen) atoms. The number of halogens is 3. The van der Waals surface area contributed by atoms with Gasteiger partial charge >= 0.3 is 5.69 Å². The standard InChI is InChI=1S/C11H5Cl3N2O3/c12-6-1-2-7(13)10(14)9(6)5-3-15-4-8(11(5)17)16(18)19/h1-4H,(H,15,17). The Morgan fingerprint density at radius 1 is 1.11 bits per heavy atom. The Bertz CT molecular complexity index is 728. The summed E-state index contributed by atoms with van der Waals surface area (Å²) in [6, 6.07) is 2.94. The second-order valence-electron chi connectivity index (χ2n) is 3.56. The number of nitrogens with zero attached hydrogens (tertiary/aromatic N) is 1. The molecule has 0 aliphatic carbocycles. The SMILES string of the molecule is O=c1c(-c2c(Cl)ccc(Cl)c2Cl)c[nH]cc1[N+](=O)[O-]. The van der Waals surface area contributed by atoms with Crippen molar-refractivity contribution < 1.29 is 4.92 Å². The lowest BCUT2D eigenvalue weighted by atomic mass is 10.1. The van der Waals surface area contributed by atoms with Crippen LogP contribution in [0.25, 0.3) is 11.1 Å². The van der Waals surface area contributed by atoms with Gasteiger partial charge in [-0.15, -0.1) is 0 Å². The highest BCUT2D eigenvalue weighted by Gasteiger charge is 2.20. The molecule has 0 saturated carbocycles. The molecule has 98 valence electrons. The van der Waals surface area contributed by atoms with E-state index in [4.69, 9.17) is 34.8 Å². The van der Waals surface area contributed by atoms with Crippen LogP contribution in [0.3, 0.4) is 0 Å². The average molecular weight is 320 g/mol. The maximum Gasteiger partial charge on any atom is 0.332 e. The van der Waals surface area contributed by atoms with Crippen LogP contribution in [0, 0.1) is 10.1 Å². The second-order valence-corrected chi connectivity index (χ2v) is 4.75. The van der Waals surface area contributed by atoms with E-state index in [1.165, 1.54) is 18.3 Å². The number of benzene rings is 1. The minimum Gasteiger partial charge on any atom is -0.361 e. The fourth-order valence-corrected chi connectivity index (χ4v) is 2.30. The molecule has 1 heterocycles. The predicted molar refractivity (Wildman–Crippen MR) is 74.2 cm³/mol. The van der Waals surface area contributed by atoms with Crippen LogP contribution in [0.1, 0.15) is 0 Å². The smallest absolute Gasteiger partial charge is 0.332 e. The number of aromatic nitrogens is 1. The molecule has 0 spiro atoms. The topological polar surface area (TPSA) is 76.0 Å². The first-order chi connectivity index (χ1) is 8.93. The molecule has 1 aromatic heterocycles. The lowest BCUT2D eigenvalue weighted by Crippen LogP contribution is -2.11. The van der Waals surface area contributed by atoms with Gasteiger partial charge in [0.05, 0.1) is 31.8 Å². The Morgan fingerprint density at radius 3 is 2.37 bits per heavy atom. The van der Waals surface area contributed by atoms with Gasteiger partial charge in [-0.3, -0.25) is 14.9 Å². The van der Waals surface area contributed by atoms with E-state index in [9.17, 15) is 14.9 Å². The Hall–Kier alpha value is -1.56. The van der Waals surface area contributed by atoms with Gasteiger partial charge in [-0.25, -0.2) is 0 Å². The van der Waals surface area contributed by atoms with E-state index in [-0.39, 0.29) is 26.2 Å². The van der Waals surface area contributed by atoms with Crippen molar-refractivity contribution >= 4 is 40.5 Å². The van der Waals surface area contributed by atoms with E-state index in [1.54, 1.807) is 0 Å². The first kappa shape index (κ1) is 13.9. The van der Waals surface area contributed by atoms with Crippen LogP contribution >= 0.6 is 34.8 Å². The van der Waals surface area contributed by atoms with Crippen LogP contribution in [-0.4, -0.2) is 9.91 Å². The van der Waals surface area contributed by atoms with Crippen molar-refractivity contribution in [3.8, 4) is 11.1 Å². The summed E-state index contributed by atoms with van der Waals surface area (Å²) in [6.45, 7) is 0. The summed E-state index contributed by atoms with van der Waals surface area (Å²) in [5.41, 5.74) is -1.22. The highest BCUT2D eigenvalue weighted by atomic mass is 35.5. The number of nitrogens with one attached hydrogen (secondary N) is 1. The molecule has 0 saturated heterocycles. The molecule has 0 bridgehead atoms. The number of aromatic amines is 1. The Labute approximate surface area is 121 Å². The summed E-state index contributed by atoms with van der Waals surface area (Å²) in [6.07, 6.45) is 2.29. The second kappa shape index (κ2) is 5.21. The lowest BCUT2D eigenvalue weighted by Gasteiger charge is -2.07. The molecule has 8 heteroatoms. The first-order valence-corrected chi connectivity index (χ1v) is 6.06. The summed E-state index contributed by atoms with van der Waals surface area (Å²) < 4.78 is 0. The Morgan fingerprint density at radius 2 is 1.74 bits per heavy atom. The third kappa shape index (κ3) is 2.45. The average Bonchev–Trinajstić information content (AvgIpc) is 2.36. The minimum atomic E-state index is -0.783. The molecular formula is C11H5Cl3N2O3. The Kier molecular flexibility index (Phi) is 3.80. The molecule has 2 rings (SSSR count). The highest BCUT2D eigenvalue weighted by Crippen LogP contribution is 2.37. The van der Waals surface area contributed by atoms with Crippen LogP contribution in [0.15, 0.2) is 29.3 Å². The van der Waals surface area contributed by atoms with Crippen LogP contribution in [0.5, 0.6) is 0 Å². The Balaban J connectivity index is 2.81. The highest BCUT2D eigenvalue weighted by molar-refractivity contribution is 6.46. The van der Waals surface area contributed by atoms with Crippen molar-refractivity contribution in [2.75, 3.05) is 0 Å². The van der Waals surface area contributed by atoms with E-state index in [1.807, 2.05) is 0 Å². The van der Waals surface area contributed by atoms with Crippen LogP contribution in [-0.2, 0) is 0 Å². The van der Waals surface area contributed by atoms with E-state index in [0.29, 0.717) is 0 Å². The molecule has 0 radical (unpaired) electrons. The maximum absolute atomic E-state index is 12.0. The van der Waals surface area contributed by atoms with Gasteiger partial charge in [0.1, 0.15) is 0 Å². The van der Waals surface area contributed by atoms with E-state index >= 15 is 0 Å². The third-order valence-corrected chi connectivity index (χ3v) is 3.55. The zero-order valence-electron chi connectivity index (χ0n) is 9.12. The van der Waals surface area contributed by atoms with Crippen LogP contribution in [0.2, 0.25) is 15.1 Å². The van der Waals surface area contributed by atoms with Crippen molar-refractivity contribution in [2.24, 2.45) is 0 Å². The van der Waals surface area contributed by atoms with Gasteiger partial charge in [0.25, 0.3) is 5.43 Å². The fourth-order valence-electron chi connectivity index (χ4n) is 1.57. The van der Waals surface area contributed by atoms with Gasteiger partial charge in [-0.2, -0.15) is 0 Å². The van der Waals surface area contributed by atoms with Gasteiger partial charge in [0.2, 0.25) is 0 Å². The van der Waals surface area contributed by atoms with E-state index < -0.39 is 16.0 Å². The maximum atomic E-state index is 12.0. The van der Waals surface area contributed by atoms with Gasteiger partial charge in [0, 0.05) is 11.8 Å². The number of hydrogen-bond donors (Lipinski definition) is 1. The lowest BCUT2D eigenvalue weighted by molar-refractivity contribution is -0.386. The predicted octanol–water partition coefficient (Wildman–Crippen LogP) is 3.91. The number of hydrogen-bond acceptors (Lipinski definition) is 3. The van der Waals surface area contributed by atoms with E-state index in [0.717, 1.165) is 6.20 Å².